The first-order valence-corrected chi connectivity index (χ1v) is 8.00. The molecule has 1 fully saturated rings. The average molecular weight is 310 g/mol. The van der Waals surface area contributed by atoms with E-state index in [4.69, 9.17) is 11.6 Å². The number of rotatable bonds is 4. The molecule has 1 N–H and O–H groups in total. The second kappa shape index (κ2) is 7.23. The Bertz CT molecular complexity index is 484. The molecule has 1 aliphatic rings. The number of amides is 1. The van der Waals surface area contributed by atoms with Gasteiger partial charge in [-0.2, -0.15) is 0 Å². The Hall–Kier alpha value is -1.13. The van der Waals surface area contributed by atoms with Crippen LogP contribution < -0.4 is 5.32 Å². The van der Waals surface area contributed by atoms with Crippen LogP contribution in [-0.4, -0.2) is 41.5 Å². The molecule has 0 unspecified atom stereocenters. The summed E-state index contributed by atoms with van der Waals surface area (Å²) in [4.78, 5) is 18.9. The fourth-order valence-electron chi connectivity index (χ4n) is 2.80. The van der Waals surface area contributed by atoms with Crippen molar-refractivity contribution in [3.63, 3.8) is 0 Å². The summed E-state index contributed by atoms with van der Waals surface area (Å²) >= 11 is 5.97. The van der Waals surface area contributed by atoms with E-state index in [1.807, 2.05) is 6.92 Å². The highest BCUT2D eigenvalue weighted by Gasteiger charge is 2.22. The van der Waals surface area contributed by atoms with E-state index in [9.17, 15) is 4.79 Å². The van der Waals surface area contributed by atoms with Gasteiger partial charge in [0.05, 0.1) is 0 Å². The summed E-state index contributed by atoms with van der Waals surface area (Å²) in [6, 6.07) is 3.94. The number of carbonyl (C=O) groups excluding carboxylic acids is 1. The molecule has 1 saturated heterocycles. The summed E-state index contributed by atoms with van der Waals surface area (Å²) in [5.41, 5.74) is 1.16. The van der Waals surface area contributed by atoms with Crippen LogP contribution in [0, 0.1) is 12.8 Å². The molecule has 1 aromatic rings. The van der Waals surface area contributed by atoms with E-state index in [-0.39, 0.29) is 5.91 Å². The van der Waals surface area contributed by atoms with Crippen LogP contribution in [0.15, 0.2) is 12.1 Å². The lowest BCUT2D eigenvalue weighted by Crippen LogP contribution is -2.43. The monoisotopic (exact) mass is 309 g/mol. The zero-order chi connectivity index (χ0) is 15.4. The SMILES string of the molecule is Cc1cc(Cl)cc(C(=O)NC[C@H]2CCCN(C(C)C)C2)n1. The molecule has 0 bridgehead atoms. The van der Waals surface area contributed by atoms with Crippen LogP contribution in [0.3, 0.4) is 0 Å². The van der Waals surface area contributed by atoms with Gasteiger partial charge in [0.1, 0.15) is 5.69 Å². The van der Waals surface area contributed by atoms with Crippen molar-refractivity contribution in [1.29, 1.82) is 0 Å². The smallest absolute Gasteiger partial charge is 0.269 e. The van der Waals surface area contributed by atoms with Gasteiger partial charge < -0.3 is 10.2 Å². The number of aryl methyl sites for hydroxylation is 1. The standard InChI is InChI=1S/C16H24ClN3O/c1-11(2)20-6-4-5-13(10-20)9-18-16(21)15-8-14(17)7-12(3)19-15/h7-8,11,13H,4-6,9-10H2,1-3H3,(H,18,21)/t13-/m1/s1. The van der Waals surface area contributed by atoms with Gasteiger partial charge in [-0.1, -0.05) is 11.6 Å². The maximum absolute atomic E-state index is 12.2. The highest BCUT2D eigenvalue weighted by atomic mass is 35.5. The van der Waals surface area contributed by atoms with Crippen LogP contribution in [0.2, 0.25) is 5.02 Å². The van der Waals surface area contributed by atoms with E-state index in [1.54, 1.807) is 12.1 Å². The highest BCUT2D eigenvalue weighted by molar-refractivity contribution is 6.30. The molecule has 4 nitrogen and oxygen atoms in total. The normalized spacial score (nSPS) is 19.8. The van der Waals surface area contributed by atoms with Crippen LogP contribution in [0.4, 0.5) is 0 Å². The molecule has 2 heterocycles. The Morgan fingerprint density at radius 3 is 2.95 bits per heavy atom. The molecule has 5 heteroatoms. The predicted octanol–water partition coefficient (Wildman–Crippen LogP) is 2.89. The van der Waals surface area contributed by atoms with Gasteiger partial charge in [-0.25, -0.2) is 4.98 Å². The Morgan fingerprint density at radius 2 is 2.29 bits per heavy atom. The van der Waals surface area contributed by atoms with E-state index in [1.165, 1.54) is 12.8 Å². The lowest BCUT2D eigenvalue weighted by molar-refractivity contribution is 0.0917. The number of likely N-dealkylation sites (tertiary alicyclic amines) is 1. The van der Waals surface area contributed by atoms with E-state index >= 15 is 0 Å². The van der Waals surface area contributed by atoms with Crippen LogP contribution >= 0.6 is 11.6 Å². The molecule has 116 valence electrons. The predicted molar refractivity (Wildman–Crippen MR) is 85.8 cm³/mol. The summed E-state index contributed by atoms with van der Waals surface area (Å²) in [5.74, 6) is 0.382. The Labute approximate surface area is 131 Å². The lowest BCUT2D eigenvalue weighted by atomic mass is 9.97. The molecule has 0 radical (unpaired) electrons. The third-order valence-corrected chi connectivity index (χ3v) is 4.20. The van der Waals surface area contributed by atoms with Crippen LogP contribution in [-0.2, 0) is 0 Å². The van der Waals surface area contributed by atoms with E-state index in [2.05, 4.69) is 29.0 Å². The number of carbonyl (C=O) groups is 1. The highest BCUT2D eigenvalue weighted by Crippen LogP contribution is 2.18. The van der Waals surface area contributed by atoms with Gasteiger partial charge in [-0.05, 0) is 58.2 Å². The Morgan fingerprint density at radius 1 is 1.52 bits per heavy atom. The number of halogens is 1. The molecule has 21 heavy (non-hydrogen) atoms. The molecule has 1 aliphatic heterocycles. The number of aromatic nitrogens is 1. The van der Waals surface area contributed by atoms with Crippen molar-refractivity contribution in [2.75, 3.05) is 19.6 Å². The van der Waals surface area contributed by atoms with Crippen molar-refractivity contribution in [2.24, 2.45) is 5.92 Å². The van der Waals surface area contributed by atoms with Crippen molar-refractivity contribution >= 4 is 17.5 Å². The molecule has 1 aromatic heterocycles. The van der Waals surface area contributed by atoms with E-state index < -0.39 is 0 Å². The first-order chi connectivity index (χ1) is 9.95. The van der Waals surface area contributed by atoms with Gasteiger partial charge in [0.2, 0.25) is 0 Å². The molecule has 0 aromatic carbocycles. The Balaban J connectivity index is 1.89. The zero-order valence-electron chi connectivity index (χ0n) is 13.0. The maximum Gasteiger partial charge on any atom is 0.269 e. The summed E-state index contributed by atoms with van der Waals surface area (Å²) < 4.78 is 0. The Kier molecular flexibility index (Phi) is 5.59. The first-order valence-electron chi connectivity index (χ1n) is 7.62. The number of hydrogen-bond acceptors (Lipinski definition) is 3. The second-order valence-corrected chi connectivity index (χ2v) is 6.56. The molecular formula is C16H24ClN3O. The quantitative estimate of drug-likeness (QED) is 0.930. The summed E-state index contributed by atoms with van der Waals surface area (Å²) in [5, 5.41) is 3.55. The fraction of sp³-hybridized carbons (Fsp3) is 0.625. The summed E-state index contributed by atoms with van der Waals surface area (Å²) in [7, 11) is 0. The summed E-state index contributed by atoms with van der Waals surface area (Å²) in [6.45, 7) is 9.20. The molecule has 2 rings (SSSR count). The first kappa shape index (κ1) is 16.2. The minimum absolute atomic E-state index is 0.137. The van der Waals surface area contributed by atoms with Crippen LogP contribution in [0.25, 0.3) is 0 Å². The van der Waals surface area contributed by atoms with Crippen LogP contribution in [0.1, 0.15) is 42.9 Å². The topological polar surface area (TPSA) is 45.2 Å². The molecular weight excluding hydrogens is 286 g/mol. The van der Waals surface area contributed by atoms with Gasteiger partial charge in [-0.3, -0.25) is 4.79 Å². The van der Waals surface area contributed by atoms with Gasteiger partial charge in [-0.15, -0.1) is 0 Å². The number of hydrogen-bond donors (Lipinski definition) is 1. The summed E-state index contributed by atoms with van der Waals surface area (Å²) in [6.07, 6.45) is 2.37. The minimum Gasteiger partial charge on any atom is -0.350 e. The molecule has 0 aliphatic carbocycles. The number of nitrogens with zero attached hydrogens (tertiary/aromatic N) is 2. The lowest BCUT2D eigenvalue weighted by Gasteiger charge is -2.35. The van der Waals surface area contributed by atoms with Gasteiger partial charge in [0.15, 0.2) is 0 Å². The van der Waals surface area contributed by atoms with Crippen LogP contribution in [0.5, 0.6) is 0 Å². The van der Waals surface area contributed by atoms with Crippen molar-refractivity contribution in [2.45, 2.75) is 39.7 Å². The van der Waals surface area contributed by atoms with E-state index in [0.717, 1.165) is 18.8 Å². The van der Waals surface area contributed by atoms with Gasteiger partial charge in [0, 0.05) is 29.8 Å². The van der Waals surface area contributed by atoms with Crippen molar-refractivity contribution in [3.05, 3.63) is 28.5 Å². The van der Waals surface area contributed by atoms with E-state index in [0.29, 0.717) is 29.2 Å². The molecule has 0 saturated carbocycles. The third-order valence-electron chi connectivity index (χ3n) is 3.98. The maximum atomic E-state index is 12.2. The minimum atomic E-state index is -0.137. The van der Waals surface area contributed by atoms with Crippen molar-refractivity contribution in [1.82, 2.24) is 15.2 Å². The molecule has 0 spiro atoms. The van der Waals surface area contributed by atoms with Gasteiger partial charge >= 0.3 is 0 Å². The largest absolute Gasteiger partial charge is 0.350 e. The fourth-order valence-corrected chi connectivity index (χ4v) is 3.06. The number of piperidine rings is 1. The molecule has 1 amide bonds. The second-order valence-electron chi connectivity index (χ2n) is 6.12. The third kappa shape index (κ3) is 4.68. The number of pyridine rings is 1. The molecule has 1 atom stereocenters. The van der Waals surface area contributed by atoms with Crippen molar-refractivity contribution in [3.8, 4) is 0 Å². The zero-order valence-corrected chi connectivity index (χ0v) is 13.8. The average Bonchev–Trinajstić information content (AvgIpc) is 2.44. The van der Waals surface area contributed by atoms with Crippen molar-refractivity contribution < 1.29 is 4.79 Å². The number of nitrogens with one attached hydrogen (secondary N) is 1. The van der Waals surface area contributed by atoms with Gasteiger partial charge in [0.25, 0.3) is 5.91 Å².